The van der Waals surface area contributed by atoms with Crippen LogP contribution in [0.2, 0.25) is 0 Å². The van der Waals surface area contributed by atoms with Crippen LogP contribution in [0, 0.1) is 6.92 Å². The number of nitrogens with two attached hydrogens (primary N) is 1. The Hall–Kier alpha value is -1.98. The van der Waals surface area contributed by atoms with E-state index in [4.69, 9.17) is 15.6 Å². The Bertz CT molecular complexity index is 572. The van der Waals surface area contributed by atoms with Crippen molar-refractivity contribution >= 4 is 0 Å². The fraction of sp³-hybridized carbons (Fsp3) is 0.286. The number of nitrogens with zero attached hydrogens (tertiary/aromatic N) is 2. The summed E-state index contributed by atoms with van der Waals surface area (Å²) < 4.78 is 5.33. The molecule has 0 saturated heterocycles. The van der Waals surface area contributed by atoms with Crippen LogP contribution in [0.25, 0.3) is 11.3 Å². The van der Waals surface area contributed by atoms with Gasteiger partial charge in [-0.15, -0.1) is 0 Å². The molecule has 0 bridgehead atoms. The standard InChI is InChI=1S/C14H17N3O2/c1-9-7-12(17-14(16-9)11(15)8-18)10-5-3-4-6-13(10)19-2/h3-7,11,18H,8,15H2,1-2H3. The average Bonchev–Trinajstić information content (AvgIpc) is 2.45. The van der Waals surface area contributed by atoms with Gasteiger partial charge in [-0.3, -0.25) is 0 Å². The van der Waals surface area contributed by atoms with E-state index in [1.165, 1.54) is 0 Å². The third-order valence-electron chi connectivity index (χ3n) is 2.78. The molecular weight excluding hydrogens is 242 g/mol. The van der Waals surface area contributed by atoms with Gasteiger partial charge in [-0.2, -0.15) is 0 Å². The van der Waals surface area contributed by atoms with E-state index in [9.17, 15) is 0 Å². The number of benzene rings is 1. The summed E-state index contributed by atoms with van der Waals surface area (Å²) in [6, 6.07) is 8.91. The molecule has 1 aromatic heterocycles. The third kappa shape index (κ3) is 2.89. The third-order valence-corrected chi connectivity index (χ3v) is 2.78. The molecular formula is C14H17N3O2. The number of aromatic nitrogens is 2. The molecule has 19 heavy (non-hydrogen) atoms. The average molecular weight is 259 g/mol. The van der Waals surface area contributed by atoms with E-state index < -0.39 is 6.04 Å². The smallest absolute Gasteiger partial charge is 0.148 e. The number of hydrogen-bond donors (Lipinski definition) is 2. The lowest BCUT2D eigenvalue weighted by Crippen LogP contribution is -2.18. The zero-order chi connectivity index (χ0) is 13.8. The highest BCUT2D eigenvalue weighted by Crippen LogP contribution is 2.28. The van der Waals surface area contributed by atoms with E-state index in [1.807, 2.05) is 37.3 Å². The molecule has 0 spiro atoms. The summed E-state index contributed by atoms with van der Waals surface area (Å²) in [4.78, 5) is 8.66. The Morgan fingerprint density at radius 3 is 2.74 bits per heavy atom. The number of ether oxygens (including phenoxy) is 1. The number of methoxy groups -OCH3 is 1. The molecule has 1 atom stereocenters. The van der Waals surface area contributed by atoms with Crippen molar-refractivity contribution in [2.75, 3.05) is 13.7 Å². The zero-order valence-electron chi connectivity index (χ0n) is 11.0. The maximum atomic E-state index is 9.11. The Kier molecular flexibility index (Phi) is 4.09. The Morgan fingerprint density at radius 2 is 2.05 bits per heavy atom. The van der Waals surface area contributed by atoms with Crippen LogP contribution in [0.1, 0.15) is 17.6 Å². The lowest BCUT2D eigenvalue weighted by molar-refractivity contribution is 0.263. The van der Waals surface area contributed by atoms with Gasteiger partial charge in [0.05, 0.1) is 25.5 Å². The van der Waals surface area contributed by atoms with E-state index >= 15 is 0 Å². The lowest BCUT2D eigenvalue weighted by Gasteiger charge is -2.12. The van der Waals surface area contributed by atoms with E-state index in [0.29, 0.717) is 5.82 Å². The largest absolute Gasteiger partial charge is 0.496 e. The van der Waals surface area contributed by atoms with Gasteiger partial charge in [0.25, 0.3) is 0 Å². The van der Waals surface area contributed by atoms with Gasteiger partial charge in [0.2, 0.25) is 0 Å². The van der Waals surface area contributed by atoms with Crippen LogP contribution in [0.5, 0.6) is 5.75 Å². The molecule has 2 aromatic rings. The summed E-state index contributed by atoms with van der Waals surface area (Å²) in [5, 5.41) is 9.11. The molecule has 0 aliphatic rings. The van der Waals surface area contributed by atoms with Crippen molar-refractivity contribution in [3.8, 4) is 17.0 Å². The van der Waals surface area contributed by atoms with Crippen molar-refractivity contribution < 1.29 is 9.84 Å². The Labute approximate surface area is 112 Å². The minimum atomic E-state index is -0.576. The summed E-state index contributed by atoms with van der Waals surface area (Å²) in [5.74, 6) is 1.17. The molecule has 0 fully saturated rings. The number of para-hydroxylation sites is 1. The van der Waals surface area contributed by atoms with Crippen molar-refractivity contribution in [1.82, 2.24) is 9.97 Å². The molecule has 0 aliphatic heterocycles. The van der Waals surface area contributed by atoms with Gasteiger partial charge in [-0.25, -0.2) is 9.97 Å². The van der Waals surface area contributed by atoms with Gasteiger partial charge >= 0.3 is 0 Å². The minimum absolute atomic E-state index is 0.186. The number of hydrogen-bond acceptors (Lipinski definition) is 5. The molecule has 0 radical (unpaired) electrons. The normalized spacial score (nSPS) is 12.2. The molecule has 1 heterocycles. The van der Waals surface area contributed by atoms with Crippen molar-refractivity contribution in [1.29, 1.82) is 0 Å². The summed E-state index contributed by atoms with van der Waals surface area (Å²) in [6.07, 6.45) is 0. The minimum Gasteiger partial charge on any atom is -0.496 e. The lowest BCUT2D eigenvalue weighted by atomic mass is 10.1. The first-order chi connectivity index (χ1) is 9.15. The van der Waals surface area contributed by atoms with Crippen LogP contribution in [0.15, 0.2) is 30.3 Å². The Morgan fingerprint density at radius 1 is 1.32 bits per heavy atom. The van der Waals surface area contributed by atoms with Crippen molar-refractivity contribution in [3.63, 3.8) is 0 Å². The summed E-state index contributed by atoms with van der Waals surface area (Å²) in [5.41, 5.74) is 8.19. The molecule has 0 amide bonds. The predicted octanol–water partition coefficient (Wildman–Crippen LogP) is 1.45. The van der Waals surface area contributed by atoms with Gasteiger partial charge in [-0.1, -0.05) is 12.1 Å². The van der Waals surface area contributed by atoms with Gasteiger partial charge in [-0.05, 0) is 25.1 Å². The van der Waals surface area contributed by atoms with E-state index in [0.717, 1.165) is 22.7 Å². The number of rotatable bonds is 4. The molecule has 0 saturated carbocycles. The molecule has 1 aromatic carbocycles. The van der Waals surface area contributed by atoms with Crippen LogP contribution < -0.4 is 10.5 Å². The molecule has 2 rings (SSSR count). The van der Waals surface area contributed by atoms with Crippen molar-refractivity contribution in [3.05, 3.63) is 41.9 Å². The van der Waals surface area contributed by atoms with E-state index in [2.05, 4.69) is 9.97 Å². The fourth-order valence-electron chi connectivity index (χ4n) is 1.83. The van der Waals surface area contributed by atoms with Gasteiger partial charge < -0.3 is 15.6 Å². The molecule has 3 N–H and O–H groups in total. The van der Waals surface area contributed by atoms with E-state index in [-0.39, 0.29) is 6.61 Å². The van der Waals surface area contributed by atoms with Gasteiger partial charge in [0.1, 0.15) is 11.6 Å². The van der Waals surface area contributed by atoms with E-state index in [1.54, 1.807) is 7.11 Å². The highest BCUT2D eigenvalue weighted by Gasteiger charge is 2.13. The second kappa shape index (κ2) is 5.77. The first-order valence-corrected chi connectivity index (χ1v) is 6.01. The quantitative estimate of drug-likeness (QED) is 0.868. The van der Waals surface area contributed by atoms with Crippen LogP contribution in [-0.2, 0) is 0 Å². The predicted molar refractivity (Wildman–Crippen MR) is 72.8 cm³/mol. The van der Waals surface area contributed by atoms with Crippen LogP contribution >= 0.6 is 0 Å². The molecule has 5 nitrogen and oxygen atoms in total. The SMILES string of the molecule is COc1ccccc1-c1cc(C)nc(C(N)CO)n1. The maximum Gasteiger partial charge on any atom is 0.148 e. The van der Waals surface area contributed by atoms with Crippen LogP contribution in [-0.4, -0.2) is 28.8 Å². The first kappa shape index (κ1) is 13.5. The van der Waals surface area contributed by atoms with Gasteiger partial charge in [0.15, 0.2) is 0 Å². The topological polar surface area (TPSA) is 81.3 Å². The highest BCUT2D eigenvalue weighted by molar-refractivity contribution is 5.67. The van der Waals surface area contributed by atoms with Crippen LogP contribution in [0.3, 0.4) is 0 Å². The van der Waals surface area contributed by atoms with Crippen molar-refractivity contribution in [2.24, 2.45) is 5.73 Å². The highest BCUT2D eigenvalue weighted by atomic mass is 16.5. The first-order valence-electron chi connectivity index (χ1n) is 6.01. The van der Waals surface area contributed by atoms with Gasteiger partial charge in [0, 0.05) is 11.3 Å². The van der Waals surface area contributed by atoms with Crippen LogP contribution in [0.4, 0.5) is 0 Å². The molecule has 100 valence electrons. The maximum absolute atomic E-state index is 9.11. The zero-order valence-corrected chi connectivity index (χ0v) is 11.0. The molecule has 0 aliphatic carbocycles. The number of aryl methyl sites for hydroxylation is 1. The number of aliphatic hydroxyl groups is 1. The monoisotopic (exact) mass is 259 g/mol. The van der Waals surface area contributed by atoms with Crippen molar-refractivity contribution in [2.45, 2.75) is 13.0 Å². The second-order valence-corrected chi connectivity index (χ2v) is 4.24. The number of aliphatic hydroxyl groups excluding tert-OH is 1. The summed E-state index contributed by atoms with van der Waals surface area (Å²) >= 11 is 0. The fourth-order valence-corrected chi connectivity index (χ4v) is 1.83. The molecule has 5 heteroatoms. The summed E-state index contributed by atoms with van der Waals surface area (Å²) in [6.45, 7) is 1.68. The Balaban J connectivity index is 2.53. The second-order valence-electron chi connectivity index (χ2n) is 4.24. The molecule has 1 unspecified atom stereocenters. The summed E-state index contributed by atoms with van der Waals surface area (Å²) in [7, 11) is 1.62.